The summed E-state index contributed by atoms with van der Waals surface area (Å²) in [5, 5.41) is 0. The Hall–Kier alpha value is -0.0200. The van der Waals surface area contributed by atoms with Crippen molar-refractivity contribution in [1.82, 2.24) is 4.31 Å². The summed E-state index contributed by atoms with van der Waals surface area (Å²) < 4.78 is 2.12. The largest absolute Gasteiger partial charge is 0.290 e. The van der Waals surface area contributed by atoms with Crippen LogP contribution in [0.4, 0.5) is 0 Å². The van der Waals surface area contributed by atoms with Gasteiger partial charge < -0.3 is 0 Å². The first-order chi connectivity index (χ1) is 5.46. The van der Waals surface area contributed by atoms with E-state index in [-0.39, 0.29) is 5.54 Å². The molecule has 0 aliphatic heterocycles. The fraction of sp³-hybridized carbons (Fsp3) is 0.889. The summed E-state index contributed by atoms with van der Waals surface area (Å²) >= 11 is 1.26. The van der Waals surface area contributed by atoms with E-state index < -0.39 is 0 Å². The van der Waals surface area contributed by atoms with Crippen LogP contribution in [0.15, 0.2) is 0 Å². The molecule has 3 heteroatoms. The second kappa shape index (κ2) is 4.87. The Morgan fingerprint density at radius 2 is 2.00 bits per heavy atom. The standard InChI is InChI=1S/C9H19NOS/c1-6-10(12-7-11)9(4,5)8(2)3/h7-8H,6H2,1-5H3. The highest BCUT2D eigenvalue weighted by molar-refractivity contribution is 8.09. The van der Waals surface area contributed by atoms with Crippen molar-refractivity contribution < 1.29 is 4.79 Å². The molecule has 0 radical (unpaired) electrons. The van der Waals surface area contributed by atoms with Crippen LogP contribution in [-0.2, 0) is 4.79 Å². The average Bonchev–Trinajstić information content (AvgIpc) is 1.99. The fourth-order valence-electron chi connectivity index (χ4n) is 0.958. The third-order valence-corrected chi connectivity index (χ3v) is 3.58. The van der Waals surface area contributed by atoms with Crippen LogP contribution in [0.1, 0.15) is 34.6 Å². The third kappa shape index (κ3) is 2.79. The van der Waals surface area contributed by atoms with Gasteiger partial charge in [0.2, 0.25) is 0 Å². The van der Waals surface area contributed by atoms with Gasteiger partial charge in [0.1, 0.15) is 0 Å². The van der Waals surface area contributed by atoms with Gasteiger partial charge in [-0.3, -0.25) is 4.79 Å². The van der Waals surface area contributed by atoms with Crippen molar-refractivity contribution >= 4 is 17.6 Å². The first-order valence-corrected chi connectivity index (χ1v) is 5.18. The van der Waals surface area contributed by atoms with Gasteiger partial charge >= 0.3 is 0 Å². The van der Waals surface area contributed by atoms with E-state index in [4.69, 9.17) is 0 Å². The molecule has 12 heavy (non-hydrogen) atoms. The monoisotopic (exact) mass is 189 g/mol. The van der Waals surface area contributed by atoms with Gasteiger partial charge in [-0.05, 0) is 31.7 Å². The van der Waals surface area contributed by atoms with E-state index in [1.54, 1.807) is 0 Å². The van der Waals surface area contributed by atoms with E-state index in [0.717, 1.165) is 12.2 Å². The van der Waals surface area contributed by atoms with E-state index in [1.807, 2.05) is 0 Å². The molecule has 0 amide bonds. The van der Waals surface area contributed by atoms with Gasteiger partial charge in [-0.15, -0.1) is 0 Å². The Morgan fingerprint density at radius 3 is 2.25 bits per heavy atom. The molecular weight excluding hydrogens is 170 g/mol. The molecule has 0 aromatic carbocycles. The molecule has 0 unspecified atom stereocenters. The zero-order valence-electron chi connectivity index (χ0n) is 8.63. The van der Waals surface area contributed by atoms with Gasteiger partial charge in [0.25, 0.3) is 0 Å². The Balaban J connectivity index is 4.35. The van der Waals surface area contributed by atoms with Crippen molar-refractivity contribution in [3.8, 4) is 0 Å². The molecule has 0 atom stereocenters. The highest BCUT2D eigenvalue weighted by Crippen LogP contribution is 2.28. The molecule has 0 N–H and O–H groups in total. The third-order valence-electron chi connectivity index (χ3n) is 2.51. The van der Waals surface area contributed by atoms with Crippen molar-refractivity contribution in [3.05, 3.63) is 0 Å². The minimum Gasteiger partial charge on any atom is -0.290 e. The van der Waals surface area contributed by atoms with Gasteiger partial charge in [-0.2, -0.15) is 0 Å². The van der Waals surface area contributed by atoms with E-state index in [9.17, 15) is 4.79 Å². The number of rotatable bonds is 5. The van der Waals surface area contributed by atoms with Crippen LogP contribution in [0, 0.1) is 5.92 Å². The summed E-state index contributed by atoms with van der Waals surface area (Å²) in [6.45, 7) is 11.6. The second-order valence-corrected chi connectivity index (χ2v) is 4.55. The Bertz CT molecular complexity index is 145. The van der Waals surface area contributed by atoms with Gasteiger partial charge in [-0.1, -0.05) is 20.8 Å². The maximum Gasteiger partial charge on any atom is 0.191 e. The van der Waals surface area contributed by atoms with Crippen LogP contribution in [0.2, 0.25) is 0 Å². The molecule has 0 heterocycles. The molecule has 72 valence electrons. The summed E-state index contributed by atoms with van der Waals surface area (Å²) in [5.74, 6) is 0.546. The molecule has 0 aromatic rings. The second-order valence-electron chi connectivity index (χ2n) is 3.70. The average molecular weight is 189 g/mol. The Morgan fingerprint density at radius 1 is 1.50 bits per heavy atom. The Labute approximate surface area is 79.8 Å². The molecule has 0 fully saturated rings. The van der Waals surface area contributed by atoms with Crippen LogP contribution < -0.4 is 0 Å². The molecule has 0 saturated carbocycles. The fourth-order valence-corrected chi connectivity index (χ4v) is 1.69. The maximum absolute atomic E-state index is 10.4. The SMILES string of the molecule is CCN(SC=O)C(C)(C)C(C)C. The zero-order valence-corrected chi connectivity index (χ0v) is 9.44. The molecule has 0 aliphatic rings. The zero-order chi connectivity index (χ0) is 9.78. The van der Waals surface area contributed by atoms with Crippen molar-refractivity contribution in [2.24, 2.45) is 5.92 Å². The number of carbonyl (C=O) groups excluding carboxylic acids is 1. The number of hydrogen-bond acceptors (Lipinski definition) is 3. The molecule has 2 nitrogen and oxygen atoms in total. The molecule has 0 rings (SSSR count). The summed E-state index contributed by atoms with van der Waals surface area (Å²) in [5.41, 5.74) is 0.980. The Kier molecular flexibility index (Phi) is 4.87. The van der Waals surface area contributed by atoms with Gasteiger partial charge in [0, 0.05) is 12.1 Å². The maximum atomic E-state index is 10.4. The van der Waals surface area contributed by atoms with Crippen molar-refractivity contribution in [2.45, 2.75) is 40.2 Å². The number of hydrogen-bond donors (Lipinski definition) is 0. The van der Waals surface area contributed by atoms with Crippen LogP contribution in [0.25, 0.3) is 0 Å². The van der Waals surface area contributed by atoms with E-state index in [2.05, 4.69) is 38.9 Å². The lowest BCUT2D eigenvalue weighted by molar-refractivity contribution is 0.188. The minimum atomic E-state index is 0.0837. The normalized spacial score (nSPS) is 12.6. The predicted octanol–water partition coefficient (Wildman–Crippen LogP) is 2.58. The van der Waals surface area contributed by atoms with E-state index in [1.165, 1.54) is 11.9 Å². The number of carbonyl (C=O) groups is 1. The first-order valence-electron chi connectivity index (χ1n) is 4.34. The van der Waals surface area contributed by atoms with Crippen LogP contribution in [0.5, 0.6) is 0 Å². The van der Waals surface area contributed by atoms with Crippen LogP contribution in [-0.4, -0.2) is 22.0 Å². The highest BCUT2D eigenvalue weighted by atomic mass is 32.2. The van der Waals surface area contributed by atoms with Crippen molar-refractivity contribution in [3.63, 3.8) is 0 Å². The van der Waals surface area contributed by atoms with Gasteiger partial charge in [-0.25, -0.2) is 4.31 Å². The molecule has 0 aromatic heterocycles. The molecule has 0 aliphatic carbocycles. The van der Waals surface area contributed by atoms with Crippen LogP contribution >= 0.6 is 11.9 Å². The summed E-state index contributed by atoms with van der Waals surface area (Å²) in [4.78, 5) is 10.4. The summed E-state index contributed by atoms with van der Waals surface area (Å²) in [6.07, 6.45) is 0. The summed E-state index contributed by atoms with van der Waals surface area (Å²) in [6, 6.07) is 0. The lowest BCUT2D eigenvalue weighted by atomic mass is 9.91. The smallest absolute Gasteiger partial charge is 0.191 e. The lowest BCUT2D eigenvalue weighted by Gasteiger charge is -2.38. The van der Waals surface area contributed by atoms with Crippen molar-refractivity contribution in [1.29, 1.82) is 0 Å². The van der Waals surface area contributed by atoms with Gasteiger partial charge in [0.15, 0.2) is 5.62 Å². The molecule has 0 bridgehead atoms. The number of nitrogens with zero attached hydrogens (tertiary/aromatic N) is 1. The molecule has 0 spiro atoms. The van der Waals surface area contributed by atoms with Crippen LogP contribution in [0.3, 0.4) is 0 Å². The van der Waals surface area contributed by atoms with E-state index >= 15 is 0 Å². The minimum absolute atomic E-state index is 0.0837. The molecular formula is C9H19NOS. The summed E-state index contributed by atoms with van der Waals surface area (Å²) in [7, 11) is 0. The lowest BCUT2D eigenvalue weighted by Crippen LogP contribution is -2.43. The van der Waals surface area contributed by atoms with E-state index in [0.29, 0.717) is 5.92 Å². The quantitative estimate of drug-likeness (QED) is 0.490. The first kappa shape index (κ1) is 12.0. The highest BCUT2D eigenvalue weighted by Gasteiger charge is 2.29. The predicted molar refractivity (Wildman–Crippen MR) is 55.6 cm³/mol. The topological polar surface area (TPSA) is 20.3 Å². The van der Waals surface area contributed by atoms with Crippen molar-refractivity contribution in [2.75, 3.05) is 6.54 Å². The molecule has 0 saturated heterocycles. The van der Waals surface area contributed by atoms with Gasteiger partial charge in [0.05, 0.1) is 0 Å².